The van der Waals surface area contributed by atoms with Crippen molar-refractivity contribution < 1.29 is 14.7 Å². The SMILES string of the molecule is CCCNC(=O)/C(C#N)=C/c1cn(CC(=O)O)c2ccccc12. The summed E-state index contributed by atoms with van der Waals surface area (Å²) in [6.45, 7) is 2.24. The van der Waals surface area contributed by atoms with Gasteiger partial charge in [0.05, 0.1) is 0 Å². The van der Waals surface area contributed by atoms with Crippen molar-refractivity contribution in [1.82, 2.24) is 9.88 Å². The lowest BCUT2D eigenvalue weighted by Gasteiger charge is -2.01. The minimum atomic E-state index is -0.956. The van der Waals surface area contributed by atoms with E-state index in [2.05, 4.69) is 5.32 Å². The standard InChI is InChI=1S/C17H17N3O3/c1-2-7-19-17(23)12(9-18)8-13-10-20(11-16(21)22)15-6-4-3-5-14(13)15/h3-6,8,10H,2,7,11H2,1H3,(H,19,23)(H,21,22)/b12-8+. The van der Waals surface area contributed by atoms with Crippen LogP contribution in [0.3, 0.4) is 0 Å². The number of carbonyl (C=O) groups is 2. The fourth-order valence-electron chi connectivity index (χ4n) is 2.30. The first-order valence-corrected chi connectivity index (χ1v) is 7.26. The molecule has 6 nitrogen and oxygen atoms in total. The van der Waals surface area contributed by atoms with E-state index in [0.29, 0.717) is 12.1 Å². The topological polar surface area (TPSA) is 95.1 Å². The van der Waals surface area contributed by atoms with Gasteiger partial charge in [-0.15, -0.1) is 0 Å². The van der Waals surface area contributed by atoms with Crippen LogP contribution in [0.2, 0.25) is 0 Å². The Labute approximate surface area is 133 Å². The quantitative estimate of drug-likeness (QED) is 0.631. The van der Waals surface area contributed by atoms with Crippen molar-refractivity contribution in [2.75, 3.05) is 6.54 Å². The number of nitrogens with zero attached hydrogens (tertiary/aromatic N) is 2. The maximum Gasteiger partial charge on any atom is 0.323 e. The van der Waals surface area contributed by atoms with Crippen LogP contribution in [0, 0.1) is 11.3 Å². The third kappa shape index (κ3) is 3.77. The van der Waals surface area contributed by atoms with E-state index in [9.17, 15) is 14.9 Å². The molecule has 0 aliphatic heterocycles. The highest BCUT2D eigenvalue weighted by atomic mass is 16.4. The van der Waals surface area contributed by atoms with Crippen molar-refractivity contribution >= 4 is 28.9 Å². The number of carbonyl (C=O) groups excluding carboxylic acids is 1. The molecule has 0 saturated carbocycles. The summed E-state index contributed by atoms with van der Waals surface area (Å²) in [5.41, 5.74) is 1.38. The molecule has 0 fully saturated rings. The van der Waals surface area contributed by atoms with E-state index in [1.165, 1.54) is 6.08 Å². The van der Waals surface area contributed by atoms with Gasteiger partial charge in [0.15, 0.2) is 0 Å². The average Bonchev–Trinajstić information content (AvgIpc) is 2.87. The van der Waals surface area contributed by atoms with Crippen LogP contribution >= 0.6 is 0 Å². The summed E-state index contributed by atoms with van der Waals surface area (Å²) in [4.78, 5) is 22.9. The van der Waals surface area contributed by atoms with Crippen molar-refractivity contribution in [2.45, 2.75) is 19.9 Å². The van der Waals surface area contributed by atoms with Gasteiger partial charge in [-0.1, -0.05) is 25.1 Å². The lowest BCUT2D eigenvalue weighted by molar-refractivity contribution is -0.137. The Hall–Kier alpha value is -3.07. The van der Waals surface area contributed by atoms with Crippen LogP contribution < -0.4 is 5.32 Å². The maximum absolute atomic E-state index is 12.0. The number of hydrogen-bond acceptors (Lipinski definition) is 3. The number of amides is 1. The molecule has 1 amide bonds. The van der Waals surface area contributed by atoms with Crippen molar-refractivity contribution in [3.63, 3.8) is 0 Å². The van der Waals surface area contributed by atoms with E-state index in [1.807, 2.05) is 31.2 Å². The smallest absolute Gasteiger partial charge is 0.323 e. The second-order valence-electron chi connectivity index (χ2n) is 5.05. The van der Waals surface area contributed by atoms with Crippen LogP contribution in [-0.2, 0) is 16.1 Å². The zero-order chi connectivity index (χ0) is 16.8. The molecule has 0 aliphatic rings. The highest BCUT2D eigenvalue weighted by Gasteiger charge is 2.12. The molecule has 6 heteroatoms. The monoisotopic (exact) mass is 311 g/mol. The third-order valence-electron chi connectivity index (χ3n) is 3.33. The first kappa shape index (κ1) is 16.3. The van der Waals surface area contributed by atoms with Crippen LogP contribution in [0.15, 0.2) is 36.0 Å². The van der Waals surface area contributed by atoms with Crippen molar-refractivity contribution in [3.8, 4) is 6.07 Å². The van der Waals surface area contributed by atoms with Gasteiger partial charge in [-0.25, -0.2) is 0 Å². The molecule has 2 N–H and O–H groups in total. The molecule has 1 aromatic carbocycles. The molecule has 1 heterocycles. The van der Waals surface area contributed by atoms with E-state index < -0.39 is 11.9 Å². The van der Waals surface area contributed by atoms with Gasteiger partial charge in [0, 0.05) is 29.2 Å². The number of nitrogens with one attached hydrogen (secondary N) is 1. The van der Waals surface area contributed by atoms with Crippen molar-refractivity contribution in [3.05, 3.63) is 41.6 Å². The van der Waals surface area contributed by atoms with Crippen molar-refractivity contribution in [2.24, 2.45) is 0 Å². The Bertz CT molecular complexity index is 812. The van der Waals surface area contributed by atoms with Gasteiger partial charge in [-0.05, 0) is 18.6 Å². The molecular weight excluding hydrogens is 294 g/mol. The number of hydrogen-bond donors (Lipinski definition) is 2. The van der Waals surface area contributed by atoms with E-state index in [0.717, 1.165) is 17.3 Å². The minimum absolute atomic E-state index is 0.00308. The molecule has 0 saturated heterocycles. The second kappa shape index (κ2) is 7.27. The Morgan fingerprint density at radius 1 is 1.39 bits per heavy atom. The maximum atomic E-state index is 12.0. The molecule has 118 valence electrons. The van der Waals surface area contributed by atoms with Gasteiger partial charge >= 0.3 is 5.97 Å². The number of benzene rings is 1. The van der Waals surface area contributed by atoms with E-state index in [-0.39, 0.29) is 12.1 Å². The third-order valence-corrected chi connectivity index (χ3v) is 3.33. The minimum Gasteiger partial charge on any atom is -0.480 e. The van der Waals surface area contributed by atoms with Crippen LogP contribution in [0.25, 0.3) is 17.0 Å². The number of carboxylic acid groups (broad SMARTS) is 1. The molecule has 0 radical (unpaired) electrons. The van der Waals surface area contributed by atoms with E-state index in [4.69, 9.17) is 5.11 Å². The van der Waals surface area contributed by atoms with Gasteiger partial charge in [0.2, 0.25) is 0 Å². The number of carboxylic acids is 1. The highest BCUT2D eigenvalue weighted by molar-refractivity contribution is 6.04. The molecule has 0 atom stereocenters. The summed E-state index contributed by atoms with van der Waals surface area (Å²) in [5.74, 6) is -1.38. The van der Waals surface area contributed by atoms with Crippen molar-refractivity contribution in [1.29, 1.82) is 5.26 Å². The summed E-state index contributed by atoms with van der Waals surface area (Å²) >= 11 is 0. The largest absolute Gasteiger partial charge is 0.480 e. The van der Waals surface area contributed by atoms with Crippen LogP contribution in [0.4, 0.5) is 0 Å². The summed E-state index contributed by atoms with van der Waals surface area (Å²) in [5, 5.41) is 21.7. The molecule has 0 spiro atoms. The Morgan fingerprint density at radius 3 is 2.78 bits per heavy atom. The number of aliphatic carboxylic acids is 1. The Morgan fingerprint density at radius 2 is 2.13 bits per heavy atom. The summed E-state index contributed by atoms with van der Waals surface area (Å²) < 4.78 is 1.59. The second-order valence-corrected chi connectivity index (χ2v) is 5.05. The first-order chi connectivity index (χ1) is 11.1. The van der Waals surface area contributed by atoms with Gasteiger partial charge < -0.3 is 15.0 Å². The Kier molecular flexibility index (Phi) is 5.15. The number of aromatic nitrogens is 1. The average molecular weight is 311 g/mol. The highest BCUT2D eigenvalue weighted by Crippen LogP contribution is 2.23. The molecule has 2 rings (SSSR count). The zero-order valence-electron chi connectivity index (χ0n) is 12.7. The molecule has 0 bridgehead atoms. The molecule has 0 unspecified atom stereocenters. The lowest BCUT2D eigenvalue weighted by atomic mass is 10.1. The molecule has 0 aliphatic carbocycles. The predicted molar refractivity (Wildman–Crippen MR) is 86.5 cm³/mol. The molecule has 1 aromatic heterocycles. The predicted octanol–water partition coefficient (Wildman–Crippen LogP) is 2.16. The normalized spacial score (nSPS) is 11.2. The zero-order valence-corrected chi connectivity index (χ0v) is 12.7. The van der Waals surface area contributed by atoms with Gasteiger partial charge in [-0.3, -0.25) is 9.59 Å². The van der Waals surface area contributed by atoms with E-state index in [1.54, 1.807) is 16.8 Å². The lowest BCUT2D eigenvalue weighted by Crippen LogP contribution is -2.25. The number of nitriles is 1. The van der Waals surface area contributed by atoms with Crippen LogP contribution in [-0.4, -0.2) is 28.1 Å². The van der Waals surface area contributed by atoms with E-state index >= 15 is 0 Å². The first-order valence-electron chi connectivity index (χ1n) is 7.26. The number of rotatable bonds is 6. The van der Waals surface area contributed by atoms with Gasteiger partial charge in [0.1, 0.15) is 18.2 Å². The molecule has 23 heavy (non-hydrogen) atoms. The number of fused-ring (bicyclic) bond motifs is 1. The fourth-order valence-corrected chi connectivity index (χ4v) is 2.30. The molecular formula is C17H17N3O3. The summed E-state index contributed by atoms with van der Waals surface area (Å²) in [6.07, 6.45) is 3.91. The molecule has 2 aromatic rings. The fraction of sp³-hybridized carbons (Fsp3) is 0.235. The summed E-state index contributed by atoms with van der Waals surface area (Å²) in [7, 11) is 0. The van der Waals surface area contributed by atoms with Crippen LogP contribution in [0.1, 0.15) is 18.9 Å². The van der Waals surface area contributed by atoms with Crippen LogP contribution in [0.5, 0.6) is 0 Å². The van der Waals surface area contributed by atoms with Gasteiger partial charge in [-0.2, -0.15) is 5.26 Å². The number of para-hydroxylation sites is 1. The van der Waals surface area contributed by atoms with Gasteiger partial charge in [0.25, 0.3) is 5.91 Å². The summed E-state index contributed by atoms with van der Waals surface area (Å²) in [6, 6.07) is 9.17. The Balaban J connectivity index is 2.46.